The average Bonchev–Trinajstić information content (AvgIpc) is 3.07. The first-order valence-electron chi connectivity index (χ1n) is 10.5. The molecular weight excluding hydrogens is 425 g/mol. The number of hydrogen-bond acceptors (Lipinski definition) is 6. The normalized spacial score (nSPS) is 26.3. The van der Waals surface area contributed by atoms with Gasteiger partial charge < -0.3 is 19.6 Å². The number of aliphatic imine (C=N–C) groups is 1. The van der Waals surface area contributed by atoms with Gasteiger partial charge in [-0.05, 0) is 31.4 Å². The van der Waals surface area contributed by atoms with Gasteiger partial charge >= 0.3 is 29.6 Å². The van der Waals surface area contributed by atoms with Crippen molar-refractivity contribution in [3.05, 3.63) is 42.0 Å². The second kappa shape index (κ2) is 12.6. The summed E-state index contributed by atoms with van der Waals surface area (Å²) in [4.78, 5) is 42.2. The van der Waals surface area contributed by atoms with Gasteiger partial charge in [-0.3, -0.25) is 14.7 Å². The number of amidine groups is 1. The number of allylic oxidation sites excluding steroid dienone is 4. The fraction of sp³-hybridized carbons (Fsp3) is 0.545. The van der Waals surface area contributed by atoms with E-state index in [1.54, 1.807) is 29.2 Å². The van der Waals surface area contributed by atoms with Crippen molar-refractivity contribution < 1.29 is 48.7 Å². The van der Waals surface area contributed by atoms with Crippen LogP contribution in [0.4, 0.5) is 4.79 Å². The molecule has 1 saturated carbocycles. The fourth-order valence-corrected chi connectivity index (χ4v) is 4.71. The third kappa shape index (κ3) is 6.81. The van der Waals surface area contributed by atoms with Gasteiger partial charge in [0.15, 0.2) is 0 Å². The van der Waals surface area contributed by atoms with Gasteiger partial charge in [0.2, 0.25) is 5.91 Å². The SMILES string of the molecule is C=C/C(=C\C=C\CC1SC(=O)[N-]C1=O)OCCN1C(=O)C2CCCCC2N=C1CC.[Na+]. The third-order valence-electron chi connectivity index (χ3n) is 5.51. The van der Waals surface area contributed by atoms with Crippen molar-refractivity contribution in [2.24, 2.45) is 10.9 Å². The zero-order valence-corrected chi connectivity index (χ0v) is 21.1. The molecule has 3 amide bonds. The van der Waals surface area contributed by atoms with Crippen LogP contribution in [-0.2, 0) is 14.3 Å². The molecule has 3 unspecified atom stereocenters. The molecule has 0 aromatic heterocycles. The molecule has 3 aliphatic rings. The molecule has 0 aromatic carbocycles. The van der Waals surface area contributed by atoms with Crippen LogP contribution in [0.25, 0.3) is 5.32 Å². The van der Waals surface area contributed by atoms with Crippen LogP contribution in [0.15, 0.2) is 41.6 Å². The Morgan fingerprint density at radius 2 is 2.10 bits per heavy atom. The predicted octanol–water partition coefficient (Wildman–Crippen LogP) is 1.37. The number of ether oxygens (including phenoxy) is 1. The van der Waals surface area contributed by atoms with E-state index in [0.29, 0.717) is 25.3 Å². The Morgan fingerprint density at radius 3 is 2.77 bits per heavy atom. The maximum atomic E-state index is 12.9. The molecule has 0 spiro atoms. The molecule has 2 fully saturated rings. The number of hydrogen-bond donors (Lipinski definition) is 0. The Labute approximate surface area is 210 Å². The van der Waals surface area contributed by atoms with Crippen molar-refractivity contribution in [1.82, 2.24) is 4.90 Å². The van der Waals surface area contributed by atoms with Crippen LogP contribution >= 0.6 is 11.8 Å². The predicted molar refractivity (Wildman–Crippen MR) is 118 cm³/mol. The number of nitrogens with zero attached hydrogens (tertiary/aromatic N) is 3. The van der Waals surface area contributed by atoms with E-state index < -0.39 is 10.5 Å². The van der Waals surface area contributed by atoms with E-state index in [1.807, 2.05) is 6.92 Å². The van der Waals surface area contributed by atoms with Crippen LogP contribution in [0.2, 0.25) is 0 Å². The van der Waals surface area contributed by atoms with Gasteiger partial charge in [0.25, 0.3) is 0 Å². The number of imide groups is 1. The Morgan fingerprint density at radius 1 is 1.32 bits per heavy atom. The largest absolute Gasteiger partial charge is 1.00 e. The Bertz CT molecular complexity index is 796. The number of thioether (sulfide) groups is 1. The molecule has 3 rings (SSSR count). The summed E-state index contributed by atoms with van der Waals surface area (Å²) in [6, 6.07) is 0.153. The quantitative estimate of drug-likeness (QED) is 0.299. The monoisotopic (exact) mass is 453 g/mol. The maximum Gasteiger partial charge on any atom is 1.00 e. The number of carbonyl (C=O) groups excluding carboxylic acids is 3. The molecule has 0 N–H and O–H groups in total. The number of fused-ring (bicyclic) bond motifs is 1. The minimum absolute atomic E-state index is 0. The first-order chi connectivity index (χ1) is 14.5. The van der Waals surface area contributed by atoms with Crippen LogP contribution in [0.1, 0.15) is 45.4 Å². The van der Waals surface area contributed by atoms with Crippen LogP contribution in [-0.4, -0.2) is 52.2 Å². The van der Waals surface area contributed by atoms with Crippen LogP contribution < -0.4 is 29.6 Å². The average molecular weight is 454 g/mol. The number of rotatable bonds is 9. The summed E-state index contributed by atoms with van der Waals surface area (Å²) in [5.41, 5.74) is 0. The third-order valence-corrected chi connectivity index (χ3v) is 6.48. The molecule has 0 aromatic rings. The molecule has 1 aliphatic carbocycles. The number of amides is 3. The Hall–Kier alpha value is -1.35. The van der Waals surface area contributed by atoms with E-state index in [0.717, 1.165) is 49.7 Å². The summed E-state index contributed by atoms with van der Waals surface area (Å²) >= 11 is 0.951. The van der Waals surface area contributed by atoms with Crippen molar-refractivity contribution in [1.29, 1.82) is 0 Å². The molecule has 0 radical (unpaired) electrons. The summed E-state index contributed by atoms with van der Waals surface area (Å²) < 4.78 is 5.78. The van der Waals surface area contributed by atoms with Gasteiger partial charge in [0.1, 0.15) is 23.4 Å². The minimum atomic E-state index is -0.435. The van der Waals surface area contributed by atoms with E-state index >= 15 is 0 Å². The molecule has 2 aliphatic heterocycles. The zero-order valence-electron chi connectivity index (χ0n) is 18.3. The first kappa shape index (κ1) is 25.9. The standard InChI is InChI=1S/C22H29N3O4S.Na/c1-3-15(9-5-8-12-18-20(26)24-22(28)30-18)29-14-13-25-19(4-2)23-17-11-7-6-10-16(17)21(25)27;/h3,5,8-9,16-18H,1,4,6-7,10-14H2,2H3,(H,24,26,28);/q;+1/p-1/b8-5+,15-9+;. The minimum Gasteiger partial charge on any atom is -0.585 e. The van der Waals surface area contributed by atoms with Crippen LogP contribution in [0.3, 0.4) is 0 Å². The van der Waals surface area contributed by atoms with Crippen molar-refractivity contribution in [3.8, 4) is 0 Å². The molecule has 0 bridgehead atoms. The van der Waals surface area contributed by atoms with E-state index in [2.05, 4.69) is 11.9 Å². The van der Waals surface area contributed by atoms with Gasteiger partial charge in [-0.25, -0.2) is 0 Å². The van der Waals surface area contributed by atoms with E-state index in [9.17, 15) is 14.4 Å². The number of carbonyl (C=O) groups is 3. The van der Waals surface area contributed by atoms with E-state index in [1.165, 1.54) is 0 Å². The summed E-state index contributed by atoms with van der Waals surface area (Å²) in [6.07, 6.45) is 12.3. The fourth-order valence-electron chi connectivity index (χ4n) is 3.97. The topological polar surface area (TPSA) is 90.1 Å². The second-order valence-corrected chi connectivity index (χ2v) is 8.61. The smallest absolute Gasteiger partial charge is 0.585 e. The molecule has 31 heavy (non-hydrogen) atoms. The summed E-state index contributed by atoms with van der Waals surface area (Å²) in [7, 11) is 0. The summed E-state index contributed by atoms with van der Waals surface area (Å²) in [5.74, 6) is 1.25. The van der Waals surface area contributed by atoms with Gasteiger partial charge in [0, 0.05) is 6.42 Å². The summed E-state index contributed by atoms with van der Waals surface area (Å²) in [6.45, 7) is 6.58. The van der Waals surface area contributed by atoms with Crippen molar-refractivity contribution in [2.45, 2.75) is 56.7 Å². The van der Waals surface area contributed by atoms with Crippen LogP contribution in [0, 0.1) is 5.92 Å². The van der Waals surface area contributed by atoms with Gasteiger partial charge in [-0.1, -0.05) is 50.3 Å². The molecule has 7 nitrogen and oxygen atoms in total. The van der Waals surface area contributed by atoms with Crippen molar-refractivity contribution in [2.75, 3.05) is 13.2 Å². The molecule has 162 valence electrons. The molecule has 2 heterocycles. The van der Waals surface area contributed by atoms with Gasteiger partial charge in [-0.15, -0.1) is 0 Å². The Kier molecular flexibility index (Phi) is 10.6. The zero-order chi connectivity index (χ0) is 21.5. The van der Waals surface area contributed by atoms with E-state index in [-0.39, 0.29) is 53.3 Å². The van der Waals surface area contributed by atoms with Crippen molar-refractivity contribution >= 4 is 34.7 Å². The molecule has 3 atom stereocenters. The maximum absolute atomic E-state index is 12.9. The van der Waals surface area contributed by atoms with Crippen molar-refractivity contribution in [3.63, 3.8) is 0 Å². The molecule has 1 saturated heterocycles. The second-order valence-electron chi connectivity index (χ2n) is 7.45. The van der Waals surface area contributed by atoms with Crippen LogP contribution in [0.5, 0.6) is 0 Å². The molecular formula is C22H28N3NaO4S. The van der Waals surface area contributed by atoms with Gasteiger partial charge in [-0.2, -0.15) is 0 Å². The first-order valence-corrected chi connectivity index (χ1v) is 11.4. The van der Waals surface area contributed by atoms with Gasteiger partial charge in [0.05, 0.1) is 29.7 Å². The summed E-state index contributed by atoms with van der Waals surface area (Å²) in [5, 5.41) is 2.52. The van der Waals surface area contributed by atoms with E-state index in [4.69, 9.17) is 9.73 Å². The molecule has 9 heteroatoms. The Balaban J connectivity index is 0.00000341.